The summed E-state index contributed by atoms with van der Waals surface area (Å²) in [7, 11) is 0. The number of hydrogen-bond donors (Lipinski definition) is 3. The lowest BCUT2D eigenvalue weighted by molar-refractivity contribution is -0.115. The highest BCUT2D eigenvalue weighted by Gasteiger charge is 2.37. The second-order valence-corrected chi connectivity index (χ2v) is 5.15. The van der Waals surface area contributed by atoms with E-state index in [9.17, 15) is 4.79 Å². The fraction of sp³-hybridized carbons (Fsp3) is 0.462. The number of carbonyl (C=O) groups is 1. The van der Waals surface area contributed by atoms with Crippen molar-refractivity contribution in [3.05, 3.63) is 23.8 Å². The average Bonchev–Trinajstić information content (AvgIpc) is 2.67. The number of benzene rings is 1. The van der Waals surface area contributed by atoms with Crippen molar-refractivity contribution in [1.82, 2.24) is 0 Å². The Balaban J connectivity index is 1.67. The third-order valence-corrected chi connectivity index (χ3v) is 3.65. The molecule has 1 saturated heterocycles. The molecule has 0 saturated carbocycles. The molecule has 2 heterocycles. The van der Waals surface area contributed by atoms with Crippen LogP contribution < -0.4 is 16.4 Å². The van der Waals surface area contributed by atoms with E-state index < -0.39 is 0 Å². The van der Waals surface area contributed by atoms with E-state index in [-0.39, 0.29) is 11.3 Å². The second kappa shape index (κ2) is 4.26. The Morgan fingerprint density at radius 2 is 2.28 bits per heavy atom. The summed E-state index contributed by atoms with van der Waals surface area (Å²) in [6.45, 7) is 2.89. The number of nitrogens with one attached hydrogen (secondary N) is 2. The van der Waals surface area contributed by atoms with E-state index in [4.69, 9.17) is 10.5 Å². The summed E-state index contributed by atoms with van der Waals surface area (Å²) < 4.78 is 5.23. The number of carbonyl (C=O) groups excluding carboxylic acids is 1. The maximum Gasteiger partial charge on any atom is 0.228 e. The highest BCUT2D eigenvalue weighted by Crippen LogP contribution is 2.29. The third-order valence-electron chi connectivity index (χ3n) is 3.65. The Bertz CT molecular complexity index is 478. The summed E-state index contributed by atoms with van der Waals surface area (Å²) in [5.41, 5.74) is 8.85. The second-order valence-electron chi connectivity index (χ2n) is 5.15. The normalized spacial score (nSPS) is 19.9. The SMILES string of the molecule is NCC1(CNc2ccc3c(c2)CC(=O)N3)COC1. The van der Waals surface area contributed by atoms with Crippen molar-refractivity contribution in [2.45, 2.75) is 6.42 Å². The maximum atomic E-state index is 11.3. The van der Waals surface area contributed by atoms with Gasteiger partial charge in [0.2, 0.25) is 5.91 Å². The topological polar surface area (TPSA) is 76.4 Å². The van der Waals surface area contributed by atoms with Crippen molar-refractivity contribution < 1.29 is 9.53 Å². The zero-order chi connectivity index (χ0) is 12.6. The predicted octanol–water partition coefficient (Wildman–Crippen LogP) is 0.568. The van der Waals surface area contributed by atoms with Gasteiger partial charge in [0.1, 0.15) is 0 Å². The quantitative estimate of drug-likeness (QED) is 0.727. The minimum Gasteiger partial charge on any atom is -0.384 e. The molecule has 1 fully saturated rings. The van der Waals surface area contributed by atoms with Gasteiger partial charge >= 0.3 is 0 Å². The lowest BCUT2D eigenvalue weighted by atomic mass is 9.86. The van der Waals surface area contributed by atoms with Crippen molar-refractivity contribution in [1.29, 1.82) is 0 Å². The van der Waals surface area contributed by atoms with Crippen LogP contribution in [0.2, 0.25) is 0 Å². The molecule has 1 aromatic rings. The van der Waals surface area contributed by atoms with Gasteiger partial charge in [0.15, 0.2) is 0 Å². The van der Waals surface area contributed by atoms with E-state index in [0.29, 0.717) is 13.0 Å². The molecule has 1 aromatic carbocycles. The van der Waals surface area contributed by atoms with Gasteiger partial charge in [-0.1, -0.05) is 0 Å². The lowest BCUT2D eigenvalue weighted by Gasteiger charge is -2.40. The summed E-state index contributed by atoms with van der Waals surface area (Å²) in [5, 5.41) is 6.21. The molecule has 0 bridgehead atoms. The molecule has 2 aliphatic heterocycles. The Labute approximate surface area is 106 Å². The fourth-order valence-electron chi connectivity index (χ4n) is 2.31. The van der Waals surface area contributed by atoms with Crippen LogP contribution in [-0.2, 0) is 16.0 Å². The molecule has 18 heavy (non-hydrogen) atoms. The Kier molecular flexibility index (Phi) is 2.72. The van der Waals surface area contributed by atoms with Crippen LogP contribution in [-0.4, -0.2) is 32.2 Å². The molecule has 0 unspecified atom stereocenters. The molecule has 96 valence electrons. The number of rotatable bonds is 4. The third kappa shape index (κ3) is 1.95. The summed E-state index contributed by atoms with van der Waals surface area (Å²) in [6.07, 6.45) is 0.468. The molecule has 5 nitrogen and oxygen atoms in total. The largest absolute Gasteiger partial charge is 0.384 e. The molecule has 5 heteroatoms. The van der Waals surface area contributed by atoms with Gasteiger partial charge in [0, 0.05) is 29.9 Å². The molecular weight excluding hydrogens is 230 g/mol. The Morgan fingerprint density at radius 3 is 2.94 bits per heavy atom. The lowest BCUT2D eigenvalue weighted by Crippen LogP contribution is -2.52. The first kappa shape index (κ1) is 11.5. The number of hydrogen-bond acceptors (Lipinski definition) is 4. The zero-order valence-corrected chi connectivity index (χ0v) is 10.2. The molecular formula is C13H17N3O2. The van der Waals surface area contributed by atoms with Crippen molar-refractivity contribution in [2.75, 3.05) is 36.9 Å². The molecule has 4 N–H and O–H groups in total. The molecule has 0 radical (unpaired) electrons. The zero-order valence-electron chi connectivity index (χ0n) is 10.2. The van der Waals surface area contributed by atoms with E-state index >= 15 is 0 Å². The van der Waals surface area contributed by atoms with Crippen LogP contribution in [0, 0.1) is 5.41 Å². The van der Waals surface area contributed by atoms with Crippen molar-refractivity contribution >= 4 is 17.3 Å². The number of ether oxygens (including phenoxy) is 1. The van der Waals surface area contributed by atoms with Crippen molar-refractivity contribution in [3.63, 3.8) is 0 Å². The van der Waals surface area contributed by atoms with Crippen molar-refractivity contribution in [2.24, 2.45) is 11.1 Å². The monoisotopic (exact) mass is 247 g/mol. The first-order chi connectivity index (χ1) is 8.71. The van der Waals surface area contributed by atoms with E-state index in [1.807, 2.05) is 18.2 Å². The van der Waals surface area contributed by atoms with Gasteiger partial charge in [-0.15, -0.1) is 0 Å². The maximum absolute atomic E-state index is 11.3. The summed E-state index contributed by atoms with van der Waals surface area (Å²) in [5.74, 6) is 0.0629. The van der Waals surface area contributed by atoms with Gasteiger partial charge in [-0.3, -0.25) is 4.79 Å². The summed E-state index contributed by atoms with van der Waals surface area (Å²) >= 11 is 0. The van der Waals surface area contributed by atoms with Crippen LogP contribution in [0.4, 0.5) is 11.4 Å². The summed E-state index contributed by atoms with van der Waals surface area (Å²) in [6, 6.07) is 5.94. The van der Waals surface area contributed by atoms with Gasteiger partial charge in [0.25, 0.3) is 0 Å². The van der Waals surface area contributed by atoms with Crippen molar-refractivity contribution in [3.8, 4) is 0 Å². The first-order valence-electron chi connectivity index (χ1n) is 6.15. The molecule has 0 atom stereocenters. The molecule has 3 rings (SSSR count). The van der Waals surface area contributed by atoms with Gasteiger partial charge < -0.3 is 21.1 Å². The Morgan fingerprint density at radius 1 is 1.44 bits per heavy atom. The minimum atomic E-state index is 0.0629. The van der Waals surface area contributed by atoms with Crippen LogP contribution in [0.25, 0.3) is 0 Å². The smallest absolute Gasteiger partial charge is 0.228 e. The molecule has 0 aliphatic carbocycles. The van der Waals surface area contributed by atoms with E-state index in [2.05, 4.69) is 10.6 Å². The van der Waals surface area contributed by atoms with E-state index in [1.54, 1.807) is 0 Å². The van der Waals surface area contributed by atoms with E-state index in [0.717, 1.165) is 36.7 Å². The van der Waals surface area contributed by atoms with Crippen LogP contribution >= 0.6 is 0 Å². The molecule has 2 aliphatic rings. The fourth-order valence-corrected chi connectivity index (χ4v) is 2.31. The standard InChI is InChI=1S/C13H17N3O2/c14-5-13(7-18-8-13)6-15-10-1-2-11-9(3-10)4-12(17)16-11/h1-3,15H,4-8,14H2,(H,16,17). The number of anilines is 2. The van der Waals surface area contributed by atoms with Gasteiger partial charge in [-0.05, 0) is 23.8 Å². The highest BCUT2D eigenvalue weighted by molar-refractivity contribution is 5.99. The highest BCUT2D eigenvalue weighted by atomic mass is 16.5. The Hall–Kier alpha value is -1.59. The molecule has 0 spiro atoms. The molecule has 1 amide bonds. The van der Waals surface area contributed by atoms with Gasteiger partial charge in [0.05, 0.1) is 19.6 Å². The van der Waals surface area contributed by atoms with Crippen LogP contribution in [0.1, 0.15) is 5.56 Å². The molecule has 0 aromatic heterocycles. The number of amides is 1. The van der Waals surface area contributed by atoms with Crippen LogP contribution in [0.3, 0.4) is 0 Å². The van der Waals surface area contributed by atoms with Crippen LogP contribution in [0.15, 0.2) is 18.2 Å². The predicted molar refractivity (Wildman–Crippen MR) is 69.6 cm³/mol. The van der Waals surface area contributed by atoms with Gasteiger partial charge in [-0.25, -0.2) is 0 Å². The van der Waals surface area contributed by atoms with E-state index in [1.165, 1.54) is 0 Å². The first-order valence-corrected chi connectivity index (χ1v) is 6.15. The minimum absolute atomic E-state index is 0.0629. The van der Waals surface area contributed by atoms with Gasteiger partial charge in [-0.2, -0.15) is 0 Å². The van der Waals surface area contributed by atoms with Crippen LogP contribution in [0.5, 0.6) is 0 Å². The average molecular weight is 247 g/mol. The summed E-state index contributed by atoms with van der Waals surface area (Å²) in [4.78, 5) is 11.3. The number of nitrogens with two attached hydrogens (primary N) is 1. The number of fused-ring (bicyclic) bond motifs is 1.